The summed E-state index contributed by atoms with van der Waals surface area (Å²) in [5, 5.41) is 13.0. The zero-order chi connectivity index (χ0) is 19.8. The van der Waals surface area contributed by atoms with Gasteiger partial charge in [0, 0.05) is 10.6 Å². The van der Waals surface area contributed by atoms with Gasteiger partial charge in [-0.15, -0.1) is 0 Å². The minimum Gasteiger partial charge on any atom is -0.506 e. The molecule has 0 aromatic heterocycles. The summed E-state index contributed by atoms with van der Waals surface area (Å²) in [6.45, 7) is 1.91. The van der Waals surface area contributed by atoms with Crippen LogP contribution in [-0.2, 0) is 20.9 Å². The van der Waals surface area contributed by atoms with Gasteiger partial charge in [-0.05, 0) is 24.6 Å². The van der Waals surface area contributed by atoms with Crippen LogP contribution in [-0.4, -0.2) is 23.8 Å². The molecule has 0 bridgehead atoms. The second-order valence-corrected chi connectivity index (χ2v) is 6.44. The van der Waals surface area contributed by atoms with Crippen LogP contribution in [0.2, 0.25) is 10.0 Å². The molecule has 0 aliphatic rings. The lowest BCUT2D eigenvalue weighted by Crippen LogP contribution is -2.31. The predicted molar refractivity (Wildman–Crippen MR) is 102 cm³/mol. The molecule has 1 amide bonds. The third-order valence-electron chi connectivity index (χ3n) is 3.61. The molecule has 0 aliphatic carbocycles. The van der Waals surface area contributed by atoms with E-state index in [4.69, 9.17) is 32.7 Å². The Labute approximate surface area is 167 Å². The monoisotopic (exact) mass is 411 g/mol. The molecule has 0 unspecified atom stereocenters. The number of esters is 1. The fraction of sp³-hybridized carbons (Fsp3) is 0.263. The molecule has 2 N–H and O–H groups in total. The van der Waals surface area contributed by atoms with Crippen LogP contribution in [0.4, 0.5) is 4.79 Å². The van der Waals surface area contributed by atoms with Crippen LogP contribution in [0.15, 0.2) is 42.5 Å². The third kappa shape index (κ3) is 6.34. The summed E-state index contributed by atoms with van der Waals surface area (Å²) in [7, 11) is 0. The van der Waals surface area contributed by atoms with Crippen molar-refractivity contribution in [1.29, 1.82) is 0 Å². The van der Waals surface area contributed by atoms with Gasteiger partial charge in [-0.3, -0.25) is 4.79 Å². The first kappa shape index (κ1) is 20.9. The average Bonchev–Trinajstić information content (AvgIpc) is 2.63. The number of carbonyl (C=O) groups is 2. The number of hydrogen-bond acceptors (Lipinski definition) is 5. The van der Waals surface area contributed by atoms with E-state index in [0.29, 0.717) is 0 Å². The van der Waals surface area contributed by atoms with E-state index in [1.807, 2.05) is 30.3 Å². The maximum atomic E-state index is 12.2. The van der Waals surface area contributed by atoms with E-state index in [9.17, 15) is 14.7 Å². The zero-order valence-electron chi connectivity index (χ0n) is 14.6. The molecule has 0 heterocycles. The maximum absolute atomic E-state index is 12.2. The highest BCUT2D eigenvalue weighted by atomic mass is 35.5. The number of amides is 1. The van der Waals surface area contributed by atoms with Crippen molar-refractivity contribution in [2.75, 3.05) is 6.61 Å². The van der Waals surface area contributed by atoms with Crippen LogP contribution in [0.5, 0.6) is 5.75 Å². The van der Waals surface area contributed by atoms with E-state index < -0.39 is 18.1 Å². The standard InChI is InChI=1S/C19H19Cl2NO5/c1-2-26-17(23)10-16(14-8-13(20)9-15(21)18(14)24)22-19(25)27-11-12-6-4-3-5-7-12/h3-9,16,24H,2,10-11H2,1H3,(H,22,25)/t16-/m0/s1. The molecule has 2 aromatic carbocycles. The quantitative estimate of drug-likeness (QED) is 0.649. The highest BCUT2D eigenvalue weighted by molar-refractivity contribution is 6.35. The maximum Gasteiger partial charge on any atom is 0.407 e. The molecule has 27 heavy (non-hydrogen) atoms. The summed E-state index contributed by atoms with van der Waals surface area (Å²) in [5.74, 6) is -0.833. The van der Waals surface area contributed by atoms with E-state index in [1.54, 1.807) is 6.92 Å². The minimum absolute atomic E-state index is 0.00538. The van der Waals surface area contributed by atoms with Crippen LogP contribution >= 0.6 is 23.2 Å². The predicted octanol–water partition coefficient (Wildman–Crippen LogP) is 4.62. The van der Waals surface area contributed by atoms with Gasteiger partial charge in [-0.1, -0.05) is 53.5 Å². The number of ether oxygens (including phenoxy) is 2. The number of phenolic OH excluding ortho intramolecular Hbond substituents is 1. The summed E-state index contributed by atoms with van der Waals surface area (Å²) >= 11 is 11.9. The summed E-state index contributed by atoms with van der Waals surface area (Å²) in [5.41, 5.74) is 1.00. The van der Waals surface area contributed by atoms with Gasteiger partial charge in [-0.25, -0.2) is 4.79 Å². The Bertz CT molecular complexity index is 798. The Morgan fingerprint density at radius 1 is 1.15 bits per heavy atom. The van der Waals surface area contributed by atoms with E-state index in [0.717, 1.165) is 5.56 Å². The summed E-state index contributed by atoms with van der Waals surface area (Å²) in [4.78, 5) is 24.1. The Morgan fingerprint density at radius 3 is 2.52 bits per heavy atom. The van der Waals surface area contributed by atoms with Crippen LogP contribution < -0.4 is 5.32 Å². The smallest absolute Gasteiger partial charge is 0.407 e. The number of hydrogen-bond donors (Lipinski definition) is 2. The first-order chi connectivity index (χ1) is 12.9. The lowest BCUT2D eigenvalue weighted by molar-refractivity contribution is -0.143. The number of nitrogens with one attached hydrogen (secondary N) is 1. The van der Waals surface area contributed by atoms with Crippen molar-refractivity contribution >= 4 is 35.3 Å². The fourth-order valence-electron chi connectivity index (χ4n) is 2.38. The molecule has 0 saturated carbocycles. The molecule has 2 aromatic rings. The molecule has 0 spiro atoms. The number of halogens is 2. The molecular weight excluding hydrogens is 393 g/mol. The fourth-order valence-corrected chi connectivity index (χ4v) is 2.89. The van der Waals surface area contributed by atoms with Gasteiger partial charge in [0.2, 0.25) is 0 Å². The first-order valence-corrected chi connectivity index (χ1v) is 8.97. The Balaban J connectivity index is 2.15. The van der Waals surface area contributed by atoms with Crippen molar-refractivity contribution in [1.82, 2.24) is 5.32 Å². The summed E-state index contributed by atoms with van der Waals surface area (Å²) in [6, 6.07) is 11.0. The molecule has 0 saturated heterocycles. The van der Waals surface area contributed by atoms with Gasteiger partial charge in [0.05, 0.1) is 24.1 Å². The Hall–Kier alpha value is -2.44. The number of benzene rings is 2. The molecule has 0 fully saturated rings. The van der Waals surface area contributed by atoms with Crippen molar-refractivity contribution in [3.8, 4) is 5.75 Å². The number of rotatable bonds is 7. The Kier molecular flexibility index (Phi) is 7.76. The zero-order valence-corrected chi connectivity index (χ0v) is 16.1. The first-order valence-electron chi connectivity index (χ1n) is 8.21. The van der Waals surface area contributed by atoms with Crippen LogP contribution in [0.1, 0.15) is 30.5 Å². The number of carbonyl (C=O) groups excluding carboxylic acids is 2. The van der Waals surface area contributed by atoms with Gasteiger partial charge in [0.25, 0.3) is 0 Å². The van der Waals surface area contributed by atoms with Crippen LogP contribution in [0.25, 0.3) is 0 Å². The highest BCUT2D eigenvalue weighted by Crippen LogP contribution is 2.36. The third-order valence-corrected chi connectivity index (χ3v) is 4.12. The van der Waals surface area contributed by atoms with E-state index in [2.05, 4.69) is 5.32 Å². The SMILES string of the molecule is CCOC(=O)C[C@H](NC(=O)OCc1ccccc1)c1cc(Cl)cc(Cl)c1O. The number of aromatic hydroxyl groups is 1. The largest absolute Gasteiger partial charge is 0.506 e. The van der Waals surface area contributed by atoms with Crippen molar-refractivity contribution in [2.24, 2.45) is 0 Å². The molecular formula is C19H19Cl2NO5. The topological polar surface area (TPSA) is 84.9 Å². The molecule has 0 aliphatic heterocycles. The van der Waals surface area contributed by atoms with Crippen molar-refractivity contribution in [3.63, 3.8) is 0 Å². The molecule has 0 radical (unpaired) electrons. The van der Waals surface area contributed by atoms with E-state index >= 15 is 0 Å². The molecule has 6 nitrogen and oxygen atoms in total. The lowest BCUT2D eigenvalue weighted by atomic mass is 10.0. The second-order valence-electron chi connectivity index (χ2n) is 5.59. The van der Waals surface area contributed by atoms with E-state index in [-0.39, 0.29) is 41.0 Å². The van der Waals surface area contributed by atoms with E-state index in [1.165, 1.54) is 12.1 Å². The van der Waals surface area contributed by atoms with Gasteiger partial charge in [0.15, 0.2) is 0 Å². The molecule has 2 rings (SSSR count). The van der Waals surface area contributed by atoms with Gasteiger partial charge in [0.1, 0.15) is 12.4 Å². The molecule has 144 valence electrons. The molecule has 8 heteroatoms. The lowest BCUT2D eigenvalue weighted by Gasteiger charge is -2.20. The average molecular weight is 412 g/mol. The number of phenols is 1. The van der Waals surface area contributed by atoms with Crippen molar-refractivity contribution in [2.45, 2.75) is 26.0 Å². The normalized spacial score (nSPS) is 11.5. The van der Waals surface area contributed by atoms with Gasteiger partial charge < -0.3 is 19.9 Å². The summed E-state index contributed by atoms with van der Waals surface area (Å²) in [6.07, 6.45) is -0.984. The number of alkyl carbamates (subject to hydrolysis) is 1. The van der Waals surface area contributed by atoms with Crippen molar-refractivity contribution in [3.05, 3.63) is 63.6 Å². The summed E-state index contributed by atoms with van der Waals surface area (Å²) < 4.78 is 10.1. The Morgan fingerprint density at radius 2 is 1.85 bits per heavy atom. The van der Waals surface area contributed by atoms with Gasteiger partial charge >= 0.3 is 12.1 Å². The molecule has 1 atom stereocenters. The van der Waals surface area contributed by atoms with Crippen molar-refractivity contribution < 1.29 is 24.2 Å². The van der Waals surface area contributed by atoms with Crippen LogP contribution in [0.3, 0.4) is 0 Å². The van der Waals surface area contributed by atoms with Gasteiger partial charge in [-0.2, -0.15) is 0 Å². The highest BCUT2D eigenvalue weighted by Gasteiger charge is 2.24. The minimum atomic E-state index is -0.927. The second kappa shape index (κ2) is 10.0. The van der Waals surface area contributed by atoms with Crippen LogP contribution in [0, 0.1) is 0 Å².